The van der Waals surface area contributed by atoms with E-state index in [0.29, 0.717) is 6.61 Å². The van der Waals surface area contributed by atoms with Crippen LogP contribution in [-0.4, -0.2) is 12.8 Å². The Morgan fingerprint density at radius 1 is 0.789 bits per heavy atom. The third kappa shape index (κ3) is 21.4. The van der Waals surface area contributed by atoms with Crippen molar-refractivity contribution in [3.8, 4) is 0 Å². The number of hydrogen-bond acceptors (Lipinski definition) is 3. The van der Waals surface area contributed by atoms with Gasteiger partial charge in [0.15, 0.2) is 0 Å². The monoisotopic (exact) mass is 296 g/mol. The third-order valence-electron chi connectivity index (χ3n) is 3.22. The molecule has 19 heavy (non-hydrogen) atoms. The molecule has 0 spiro atoms. The second kappa shape index (κ2) is 18.9. The van der Waals surface area contributed by atoms with Crippen molar-refractivity contribution in [2.45, 2.75) is 84.0 Å². The summed E-state index contributed by atoms with van der Waals surface area (Å²) in [5, 5.41) is 9.97. The molecular formula is C15H29KO3. The maximum Gasteiger partial charge on any atom is 1.00 e. The smallest absolute Gasteiger partial charge is 0.550 e. The fraction of sp³-hybridized carbons (Fsp3) is 0.933. The van der Waals surface area contributed by atoms with Crippen molar-refractivity contribution in [3.05, 3.63) is 0 Å². The van der Waals surface area contributed by atoms with Gasteiger partial charge in [-0.25, -0.2) is 0 Å². The molecule has 0 saturated heterocycles. The molecule has 0 bridgehead atoms. The summed E-state index contributed by atoms with van der Waals surface area (Å²) in [5.41, 5.74) is 0. The van der Waals surface area contributed by atoms with E-state index in [1.54, 1.807) is 0 Å². The van der Waals surface area contributed by atoms with Gasteiger partial charge in [0.25, 0.3) is 6.16 Å². The number of unbranched alkanes of at least 4 members (excludes halogenated alkanes) is 11. The molecular weight excluding hydrogens is 267 g/mol. The molecule has 0 radical (unpaired) electrons. The molecule has 0 atom stereocenters. The molecule has 0 aromatic heterocycles. The first-order valence-electron chi connectivity index (χ1n) is 7.61. The molecule has 0 saturated carbocycles. The summed E-state index contributed by atoms with van der Waals surface area (Å²) in [5.74, 6) is 0. The van der Waals surface area contributed by atoms with Crippen LogP contribution in [0.5, 0.6) is 0 Å². The van der Waals surface area contributed by atoms with E-state index in [0.717, 1.165) is 12.8 Å². The summed E-state index contributed by atoms with van der Waals surface area (Å²) in [6, 6.07) is 0. The van der Waals surface area contributed by atoms with Crippen molar-refractivity contribution in [2.75, 3.05) is 6.61 Å². The molecule has 0 aromatic carbocycles. The van der Waals surface area contributed by atoms with E-state index < -0.39 is 6.16 Å². The molecule has 0 unspecified atom stereocenters. The Morgan fingerprint density at radius 3 is 1.53 bits per heavy atom. The van der Waals surface area contributed by atoms with Crippen LogP contribution in [0.25, 0.3) is 0 Å². The van der Waals surface area contributed by atoms with E-state index in [1.165, 1.54) is 64.2 Å². The number of carboxylic acid groups (broad SMARTS) is 1. The normalized spacial score (nSPS) is 9.95. The first-order valence-corrected chi connectivity index (χ1v) is 7.61. The van der Waals surface area contributed by atoms with Gasteiger partial charge in [-0.15, -0.1) is 0 Å². The van der Waals surface area contributed by atoms with Gasteiger partial charge in [-0.2, -0.15) is 0 Å². The minimum Gasteiger partial charge on any atom is -0.550 e. The Labute approximate surface area is 161 Å². The van der Waals surface area contributed by atoms with Gasteiger partial charge < -0.3 is 14.6 Å². The average molecular weight is 296 g/mol. The van der Waals surface area contributed by atoms with Crippen LogP contribution in [0.15, 0.2) is 0 Å². The van der Waals surface area contributed by atoms with E-state index in [9.17, 15) is 9.90 Å². The van der Waals surface area contributed by atoms with E-state index in [2.05, 4.69) is 11.7 Å². The minimum atomic E-state index is -1.40. The summed E-state index contributed by atoms with van der Waals surface area (Å²) in [6.07, 6.45) is 13.9. The summed E-state index contributed by atoms with van der Waals surface area (Å²) in [6.45, 7) is 2.54. The Balaban J connectivity index is 0. The number of carbonyl (C=O) groups is 1. The quantitative estimate of drug-likeness (QED) is 0.290. The maximum absolute atomic E-state index is 9.97. The van der Waals surface area contributed by atoms with Crippen LogP contribution in [0, 0.1) is 0 Å². The van der Waals surface area contributed by atoms with Crippen LogP contribution in [0.2, 0.25) is 0 Å². The van der Waals surface area contributed by atoms with Crippen LogP contribution >= 0.6 is 0 Å². The standard InChI is InChI=1S/C15H30O3.K/c1-2-3-4-5-6-7-8-9-10-11-12-13-14-18-15(16)17;/h2-14H2,1H3,(H,16,17);/q;+1/p-1. The van der Waals surface area contributed by atoms with Gasteiger partial charge in [0.05, 0.1) is 0 Å². The minimum absolute atomic E-state index is 0. The zero-order valence-electron chi connectivity index (χ0n) is 12.9. The molecule has 4 heteroatoms. The summed E-state index contributed by atoms with van der Waals surface area (Å²) in [4.78, 5) is 9.97. The Kier molecular flexibility index (Phi) is 22.1. The van der Waals surface area contributed by atoms with Crippen LogP contribution < -0.4 is 56.5 Å². The van der Waals surface area contributed by atoms with Crippen LogP contribution in [0.3, 0.4) is 0 Å². The fourth-order valence-electron chi connectivity index (χ4n) is 2.10. The van der Waals surface area contributed by atoms with E-state index >= 15 is 0 Å². The van der Waals surface area contributed by atoms with Crippen molar-refractivity contribution < 1.29 is 66.0 Å². The first-order chi connectivity index (χ1) is 8.77. The predicted molar refractivity (Wildman–Crippen MR) is 72.4 cm³/mol. The maximum atomic E-state index is 9.97. The van der Waals surface area contributed by atoms with Gasteiger partial charge in [0.1, 0.15) is 0 Å². The number of hydrogen-bond donors (Lipinski definition) is 0. The number of carbonyl (C=O) groups excluding carboxylic acids is 1. The molecule has 0 heterocycles. The Bertz CT molecular complexity index is 186. The van der Waals surface area contributed by atoms with Crippen molar-refractivity contribution in [2.24, 2.45) is 0 Å². The summed E-state index contributed by atoms with van der Waals surface area (Å²) >= 11 is 0. The molecule has 108 valence electrons. The van der Waals surface area contributed by atoms with Gasteiger partial charge in [0, 0.05) is 6.61 Å². The van der Waals surface area contributed by atoms with Gasteiger partial charge in [-0.3, -0.25) is 0 Å². The van der Waals surface area contributed by atoms with E-state index in [-0.39, 0.29) is 51.4 Å². The average Bonchev–Trinajstić information content (AvgIpc) is 2.34. The topological polar surface area (TPSA) is 49.4 Å². The van der Waals surface area contributed by atoms with Crippen molar-refractivity contribution in [3.63, 3.8) is 0 Å². The third-order valence-corrected chi connectivity index (χ3v) is 3.22. The second-order valence-corrected chi connectivity index (χ2v) is 4.99. The molecule has 0 amide bonds. The zero-order chi connectivity index (χ0) is 13.5. The largest absolute Gasteiger partial charge is 1.00 e. The molecule has 0 aliphatic heterocycles. The van der Waals surface area contributed by atoms with Crippen LogP contribution in [0.1, 0.15) is 84.0 Å². The fourth-order valence-corrected chi connectivity index (χ4v) is 2.10. The van der Waals surface area contributed by atoms with Crippen molar-refractivity contribution in [1.82, 2.24) is 0 Å². The second-order valence-electron chi connectivity index (χ2n) is 4.99. The molecule has 0 fully saturated rings. The molecule has 3 nitrogen and oxygen atoms in total. The molecule has 0 rings (SSSR count). The van der Waals surface area contributed by atoms with E-state index in [4.69, 9.17) is 0 Å². The molecule has 0 aromatic rings. The van der Waals surface area contributed by atoms with Gasteiger partial charge in [-0.1, -0.05) is 77.6 Å². The van der Waals surface area contributed by atoms with Crippen LogP contribution in [-0.2, 0) is 4.74 Å². The van der Waals surface area contributed by atoms with Crippen molar-refractivity contribution in [1.29, 1.82) is 0 Å². The first kappa shape index (κ1) is 22.2. The zero-order valence-corrected chi connectivity index (χ0v) is 16.0. The van der Waals surface area contributed by atoms with Crippen molar-refractivity contribution >= 4 is 6.16 Å². The molecule has 0 aliphatic rings. The number of rotatable bonds is 13. The number of ether oxygens (including phenoxy) is 1. The molecule has 0 aliphatic carbocycles. The van der Waals surface area contributed by atoms with Crippen LogP contribution in [0.4, 0.5) is 4.79 Å². The Morgan fingerprint density at radius 2 is 1.16 bits per heavy atom. The van der Waals surface area contributed by atoms with Gasteiger partial charge in [0.2, 0.25) is 0 Å². The van der Waals surface area contributed by atoms with Gasteiger partial charge in [-0.05, 0) is 6.42 Å². The summed E-state index contributed by atoms with van der Waals surface area (Å²) < 4.78 is 4.34. The van der Waals surface area contributed by atoms with E-state index in [1.807, 2.05) is 0 Å². The predicted octanol–water partition coefficient (Wildman–Crippen LogP) is 1.05. The molecule has 0 N–H and O–H groups in total. The summed E-state index contributed by atoms with van der Waals surface area (Å²) in [7, 11) is 0. The SMILES string of the molecule is CCCCCCCCCCCCCCOC(=O)[O-].[K+]. The van der Waals surface area contributed by atoms with Gasteiger partial charge >= 0.3 is 51.4 Å². The Hall–Kier alpha value is 0.906.